The second-order valence-electron chi connectivity index (χ2n) is 5.91. The Labute approximate surface area is 122 Å². The van der Waals surface area contributed by atoms with Gasteiger partial charge in [-0.25, -0.2) is 9.97 Å². The molecule has 0 atom stereocenters. The summed E-state index contributed by atoms with van der Waals surface area (Å²) in [5.41, 5.74) is 1.77. The van der Waals surface area contributed by atoms with Gasteiger partial charge in [-0.15, -0.1) is 0 Å². The monoisotopic (exact) mass is 280 g/mol. The first-order valence-electron chi connectivity index (χ1n) is 6.75. The smallest absolute Gasteiger partial charge is 0.196 e. The van der Waals surface area contributed by atoms with Gasteiger partial charge in [-0.05, 0) is 32.9 Å². The number of rotatable bonds is 2. The zero-order valence-corrected chi connectivity index (χ0v) is 12.2. The van der Waals surface area contributed by atoms with Crippen LogP contribution < -0.4 is 0 Å². The van der Waals surface area contributed by atoms with Crippen LogP contribution in [0.4, 0.5) is 0 Å². The minimum Gasteiger partial charge on any atom is -0.326 e. The van der Waals surface area contributed by atoms with Gasteiger partial charge in [0.2, 0.25) is 0 Å². The van der Waals surface area contributed by atoms with Crippen molar-refractivity contribution in [3.8, 4) is 0 Å². The molecule has 0 unspecified atom stereocenters. The van der Waals surface area contributed by atoms with Crippen LogP contribution in [-0.4, -0.2) is 25.3 Å². The molecule has 5 nitrogen and oxygen atoms in total. The molecule has 5 heteroatoms. The third-order valence-corrected chi connectivity index (χ3v) is 3.36. The molecular formula is C16H16N4O. The van der Waals surface area contributed by atoms with Crippen molar-refractivity contribution in [2.45, 2.75) is 26.3 Å². The summed E-state index contributed by atoms with van der Waals surface area (Å²) in [4.78, 5) is 25.1. The largest absolute Gasteiger partial charge is 0.326 e. The molecule has 3 aromatic rings. The summed E-state index contributed by atoms with van der Waals surface area (Å²) in [5, 5.41) is 0.765. The van der Waals surface area contributed by atoms with E-state index in [0.717, 1.165) is 11.0 Å². The van der Waals surface area contributed by atoms with Gasteiger partial charge >= 0.3 is 0 Å². The lowest BCUT2D eigenvalue weighted by atomic mass is 10.1. The van der Waals surface area contributed by atoms with Gasteiger partial charge in [-0.1, -0.05) is 0 Å². The van der Waals surface area contributed by atoms with Gasteiger partial charge in [0.1, 0.15) is 12.0 Å². The van der Waals surface area contributed by atoms with E-state index < -0.39 is 0 Å². The van der Waals surface area contributed by atoms with Crippen LogP contribution in [-0.2, 0) is 5.54 Å². The molecule has 0 spiro atoms. The molecule has 0 fully saturated rings. The molecule has 3 rings (SSSR count). The van der Waals surface area contributed by atoms with Crippen molar-refractivity contribution in [2.24, 2.45) is 0 Å². The first-order chi connectivity index (χ1) is 9.98. The summed E-state index contributed by atoms with van der Waals surface area (Å²) in [6.45, 7) is 6.23. The minimum atomic E-state index is -0.167. The van der Waals surface area contributed by atoms with E-state index in [0.29, 0.717) is 11.1 Å². The molecule has 0 saturated heterocycles. The third kappa shape index (κ3) is 2.31. The van der Waals surface area contributed by atoms with Gasteiger partial charge in [0.05, 0.1) is 5.56 Å². The number of hydrogen-bond acceptors (Lipinski definition) is 4. The number of fused-ring (bicyclic) bond motifs is 1. The fourth-order valence-corrected chi connectivity index (χ4v) is 2.31. The molecule has 0 N–H and O–H groups in total. The lowest BCUT2D eigenvalue weighted by molar-refractivity contribution is 0.103. The van der Waals surface area contributed by atoms with Crippen LogP contribution in [0, 0.1) is 0 Å². The molecular weight excluding hydrogens is 264 g/mol. The van der Waals surface area contributed by atoms with Gasteiger partial charge in [0.25, 0.3) is 0 Å². The Kier molecular flexibility index (Phi) is 3.05. The summed E-state index contributed by atoms with van der Waals surface area (Å²) in [6.07, 6.45) is 8.27. The third-order valence-electron chi connectivity index (χ3n) is 3.36. The molecule has 0 bridgehead atoms. The first kappa shape index (κ1) is 13.4. The van der Waals surface area contributed by atoms with Crippen LogP contribution in [0.3, 0.4) is 0 Å². The van der Waals surface area contributed by atoms with Crippen molar-refractivity contribution in [1.29, 1.82) is 0 Å². The maximum atomic E-state index is 12.7. The molecule has 0 aliphatic heterocycles. The maximum Gasteiger partial charge on any atom is 0.196 e. The highest BCUT2D eigenvalue weighted by atomic mass is 16.1. The van der Waals surface area contributed by atoms with Crippen LogP contribution in [0.25, 0.3) is 11.0 Å². The van der Waals surface area contributed by atoms with Crippen molar-refractivity contribution in [1.82, 2.24) is 19.5 Å². The van der Waals surface area contributed by atoms with E-state index in [4.69, 9.17) is 0 Å². The van der Waals surface area contributed by atoms with Crippen LogP contribution in [0.5, 0.6) is 0 Å². The van der Waals surface area contributed by atoms with Crippen LogP contribution in [0.1, 0.15) is 36.7 Å². The van der Waals surface area contributed by atoms with Crippen LogP contribution in [0.2, 0.25) is 0 Å². The van der Waals surface area contributed by atoms with E-state index in [1.165, 1.54) is 6.33 Å². The Bertz CT molecular complexity index is 800. The maximum absolute atomic E-state index is 12.7. The summed E-state index contributed by atoms with van der Waals surface area (Å²) < 4.78 is 2.01. The Hall–Kier alpha value is -2.56. The molecule has 0 radical (unpaired) electrons. The van der Waals surface area contributed by atoms with E-state index in [1.54, 1.807) is 30.7 Å². The van der Waals surface area contributed by atoms with Crippen molar-refractivity contribution in [3.63, 3.8) is 0 Å². The molecule has 106 valence electrons. The van der Waals surface area contributed by atoms with E-state index in [1.807, 2.05) is 10.8 Å². The number of hydrogen-bond donors (Lipinski definition) is 0. The molecule has 0 aromatic carbocycles. The van der Waals surface area contributed by atoms with Gasteiger partial charge < -0.3 is 4.57 Å². The highest BCUT2D eigenvalue weighted by Crippen LogP contribution is 2.27. The second-order valence-corrected chi connectivity index (χ2v) is 5.91. The minimum absolute atomic E-state index is 0.0640. The number of carbonyl (C=O) groups excluding carboxylic acids is 1. The van der Waals surface area contributed by atoms with E-state index >= 15 is 0 Å². The lowest BCUT2D eigenvalue weighted by Crippen LogP contribution is -2.21. The zero-order valence-electron chi connectivity index (χ0n) is 12.2. The van der Waals surface area contributed by atoms with Gasteiger partial charge in [0.15, 0.2) is 5.78 Å². The number of carbonyl (C=O) groups is 1. The van der Waals surface area contributed by atoms with Crippen molar-refractivity contribution < 1.29 is 4.79 Å². The zero-order chi connectivity index (χ0) is 15.0. The van der Waals surface area contributed by atoms with Crippen LogP contribution >= 0.6 is 0 Å². The molecule has 21 heavy (non-hydrogen) atoms. The fourth-order valence-electron chi connectivity index (χ4n) is 2.31. The summed E-state index contributed by atoms with van der Waals surface area (Å²) in [6, 6.07) is 3.52. The Morgan fingerprint density at radius 1 is 1.19 bits per heavy atom. The van der Waals surface area contributed by atoms with Crippen molar-refractivity contribution in [2.75, 3.05) is 0 Å². The van der Waals surface area contributed by atoms with Crippen molar-refractivity contribution in [3.05, 3.63) is 54.4 Å². The second kappa shape index (κ2) is 4.77. The quantitative estimate of drug-likeness (QED) is 0.677. The summed E-state index contributed by atoms with van der Waals surface area (Å²) in [7, 11) is 0. The van der Waals surface area contributed by atoms with Gasteiger partial charge in [0, 0.05) is 41.3 Å². The van der Waals surface area contributed by atoms with E-state index in [9.17, 15) is 4.79 Å². The summed E-state index contributed by atoms with van der Waals surface area (Å²) >= 11 is 0. The molecule has 0 amide bonds. The highest BCUT2D eigenvalue weighted by Gasteiger charge is 2.23. The van der Waals surface area contributed by atoms with Crippen LogP contribution in [0.15, 0.2) is 43.2 Å². The molecule has 3 aromatic heterocycles. The molecule has 0 saturated carbocycles. The first-order valence-corrected chi connectivity index (χ1v) is 6.75. The highest BCUT2D eigenvalue weighted by molar-refractivity contribution is 6.15. The Balaban J connectivity index is 2.22. The standard InChI is InChI=1S/C16H16N4O/c1-16(2,3)20-9-13(12-8-18-10-19-15(12)20)14(21)11-5-4-6-17-7-11/h4-10H,1-3H3. The molecule has 3 heterocycles. The predicted molar refractivity (Wildman–Crippen MR) is 80.2 cm³/mol. The number of aromatic nitrogens is 4. The average Bonchev–Trinajstić information content (AvgIpc) is 2.87. The summed E-state index contributed by atoms with van der Waals surface area (Å²) in [5.74, 6) is -0.0640. The SMILES string of the molecule is CC(C)(C)n1cc(C(=O)c2cccnc2)c2cncnc21. The predicted octanol–water partition coefficient (Wildman–Crippen LogP) is 2.81. The topological polar surface area (TPSA) is 60.7 Å². The van der Waals surface area contributed by atoms with Gasteiger partial charge in [-0.2, -0.15) is 0 Å². The van der Waals surface area contributed by atoms with E-state index in [-0.39, 0.29) is 11.3 Å². The van der Waals surface area contributed by atoms with Gasteiger partial charge in [-0.3, -0.25) is 9.78 Å². The number of pyridine rings is 1. The lowest BCUT2D eigenvalue weighted by Gasteiger charge is -2.21. The Morgan fingerprint density at radius 2 is 2.00 bits per heavy atom. The Morgan fingerprint density at radius 3 is 2.67 bits per heavy atom. The fraction of sp³-hybridized carbons (Fsp3) is 0.250. The number of nitrogens with zero attached hydrogens (tertiary/aromatic N) is 4. The van der Waals surface area contributed by atoms with Crippen molar-refractivity contribution >= 4 is 16.8 Å². The normalized spacial score (nSPS) is 11.8. The molecule has 0 aliphatic rings. The molecule has 0 aliphatic carbocycles. The number of ketones is 1. The van der Waals surface area contributed by atoms with E-state index in [2.05, 4.69) is 35.7 Å². The average molecular weight is 280 g/mol.